The molecule has 2 N–H and O–H groups in total. The van der Waals surface area contributed by atoms with Gasteiger partial charge in [0.2, 0.25) is 5.91 Å². The normalized spacial score (nSPS) is 11.0. The van der Waals surface area contributed by atoms with Crippen LogP contribution in [0.25, 0.3) is 28.7 Å². The summed E-state index contributed by atoms with van der Waals surface area (Å²) in [6.45, 7) is -0.206. The van der Waals surface area contributed by atoms with Gasteiger partial charge in [-0.25, -0.2) is 0 Å². The van der Waals surface area contributed by atoms with Crippen molar-refractivity contribution in [3.05, 3.63) is 94.4 Å². The monoisotopic (exact) mass is 460 g/mol. The van der Waals surface area contributed by atoms with Crippen molar-refractivity contribution in [3.8, 4) is 28.4 Å². The third-order valence-electron chi connectivity index (χ3n) is 4.94. The van der Waals surface area contributed by atoms with E-state index in [2.05, 4.69) is 5.32 Å². The summed E-state index contributed by atoms with van der Waals surface area (Å²) < 4.78 is 16.6. The number of nitro benzene ring substituents is 1. The van der Waals surface area contributed by atoms with Gasteiger partial charge in [-0.3, -0.25) is 14.9 Å². The van der Waals surface area contributed by atoms with Crippen molar-refractivity contribution in [2.45, 2.75) is 6.61 Å². The Morgan fingerprint density at radius 2 is 1.82 bits per heavy atom. The lowest BCUT2D eigenvalue weighted by molar-refractivity contribution is -0.384. The third kappa shape index (κ3) is 4.89. The molecule has 0 aliphatic carbocycles. The minimum atomic E-state index is -0.474. The van der Waals surface area contributed by atoms with Gasteiger partial charge in [-0.05, 0) is 48.5 Å². The van der Waals surface area contributed by atoms with Gasteiger partial charge in [-0.1, -0.05) is 12.1 Å². The Balaban J connectivity index is 1.46. The number of rotatable bonds is 8. The summed E-state index contributed by atoms with van der Waals surface area (Å²) in [6, 6.07) is 18.0. The summed E-state index contributed by atoms with van der Waals surface area (Å²) in [5, 5.41) is 23.1. The van der Waals surface area contributed by atoms with Gasteiger partial charge in [0.05, 0.1) is 23.2 Å². The first-order chi connectivity index (χ1) is 16.5. The van der Waals surface area contributed by atoms with E-state index in [1.54, 1.807) is 60.7 Å². The molecule has 0 atom stereocenters. The summed E-state index contributed by atoms with van der Waals surface area (Å²) in [6.07, 6.45) is 2.76. The van der Waals surface area contributed by atoms with Crippen LogP contribution in [0.15, 0.2) is 81.6 Å². The number of anilines is 1. The van der Waals surface area contributed by atoms with Crippen LogP contribution in [-0.2, 0) is 11.4 Å². The molecule has 0 spiro atoms. The zero-order valence-electron chi connectivity index (χ0n) is 18.1. The maximum atomic E-state index is 12.4. The molecule has 4 rings (SSSR count). The minimum absolute atomic E-state index is 0.0651. The highest BCUT2D eigenvalue weighted by atomic mass is 16.6. The molecule has 9 heteroatoms. The molecule has 0 radical (unpaired) electrons. The molecular weight excluding hydrogens is 440 g/mol. The Morgan fingerprint density at radius 3 is 2.56 bits per heavy atom. The van der Waals surface area contributed by atoms with Gasteiger partial charge >= 0.3 is 0 Å². The Bertz CT molecular complexity index is 1370. The fraction of sp³-hybridized carbons (Fsp3) is 0.0800. The standard InChI is InChI=1S/C25H20N2O7/c1-32-24-14-16(6-10-20(24)23-12-8-18(15-28)34-23)26-25(29)13-9-17-7-11-22(33-17)19-4-2-3-5-21(19)27(30)31/h2-14,28H,15H2,1H3,(H,26,29)/b13-9+. The second-order valence-corrected chi connectivity index (χ2v) is 7.14. The van der Waals surface area contributed by atoms with Crippen molar-refractivity contribution < 1.29 is 28.4 Å². The fourth-order valence-corrected chi connectivity index (χ4v) is 3.35. The van der Waals surface area contributed by atoms with Crippen LogP contribution in [0.4, 0.5) is 11.4 Å². The minimum Gasteiger partial charge on any atom is -0.496 e. The van der Waals surface area contributed by atoms with Gasteiger partial charge in [0.15, 0.2) is 0 Å². The maximum absolute atomic E-state index is 12.4. The molecular formula is C25H20N2O7. The fourth-order valence-electron chi connectivity index (χ4n) is 3.35. The van der Waals surface area contributed by atoms with Crippen LogP contribution >= 0.6 is 0 Å². The summed E-state index contributed by atoms with van der Waals surface area (Å²) in [5.41, 5.74) is 1.47. The number of nitro groups is 1. The number of para-hydroxylation sites is 1. The smallest absolute Gasteiger partial charge is 0.280 e. The molecule has 0 bridgehead atoms. The van der Waals surface area contributed by atoms with Crippen LogP contribution in [0.5, 0.6) is 5.75 Å². The predicted octanol–water partition coefficient (Wildman–Crippen LogP) is 5.27. The van der Waals surface area contributed by atoms with Crippen molar-refractivity contribution in [1.82, 2.24) is 0 Å². The Kier molecular flexibility index (Phi) is 6.56. The molecule has 0 unspecified atom stereocenters. The zero-order valence-corrected chi connectivity index (χ0v) is 18.1. The molecule has 0 aliphatic heterocycles. The SMILES string of the molecule is COc1cc(NC(=O)/C=C/c2ccc(-c3ccccc3[N+](=O)[O-])o2)ccc1-c1ccc(CO)o1. The summed E-state index contributed by atoms with van der Waals surface area (Å²) in [4.78, 5) is 23.1. The van der Waals surface area contributed by atoms with Crippen LogP contribution in [0.1, 0.15) is 11.5 Å². The number of ether oxygens (including phenoxy) is 1. The van der Waals surface area contributed by atoms with E-state index in [4.69, 9.17) is 13.6 Å². The largest absolute Gasteiger partial charge is 0.496 e. The van der Waals surface area contributed by atoms with E-state index < -0.39 is 10.8 Å². The maximum Gasteiger partial charge on any atom is 0.280 e. The number of methoxy groups -OCH3 is 1. The van der Waals surface area contributed by atoms with Gasteiger partial charge < -0.3 is 24.0 Å². The second kappa shape index (κ2) is 9.88. The highest BCUT2D eigenvalue weighted by Gasteiger charge is 2.17. The van der Waals surface area contributed by atoms with E-state index in [9.17, 15) is 20.0 Å². The molecule has 0 saturated carbocycles. The van der Waals surface area contributed by atoms with E-state index in [-0.39, 0.29) is 12.3 Å². The highest BCUT2D eigenvalue weighted by molar-refractivity contribution is 6.02. The van der Waals surface area contributed by atoms with Gasteiger partial charge in [0, 0.05) is 23.9 Å². The first kappa shape index (κ1) is 22.6. The van der Waals surface area contributed by atoms with E-state index >= 15 is 0 Å². The number of nitrogens with zero attached hydrogens (tertiary/aromatic N) is 1. The number of carbonyl (C=O) groups excluding carboxylic acids is 1. The first-order valence-electron chi connectivity index (χ1n) is 10.2. The number of aliphatic hydroxyl groups is 1. The Labute approximate surface area is 194 Å². The molecule has 2 heterocycles. The van der Waals surface area contributed by atoms with Gasteiger partial charge in [0.1, 0.15) is 35.4 Å². The van der Waals surface area contributed by atoms with Crippen molar-refractivity contribution >= 4 is 23.4 Å². The summed E-state index contributed by atoms with van der Waals surface area (Å²) in [7, 11) is 1.51. The Morgan fingerprint density at radius 1 is 1.06 bits per heavy atom. The number of hydrogen-bond donors (Lipinski definition) is 2. The number of carbonyl (C=O) groups is 1. The number of nitrogens with one attached hydrogen (secondary N) is 1. The van der Waals surface area contributed by atoms with Gasteiger partial charge in [-0.2, -0.15) is 0 Å². The van der Waals surface area contributed by atoms with Crippen molar-refractivity contribution in [3.63, 3.8) is 0 Å². The molecule has 34 heavy (non-hydrogen) atoms. The highest BCUT2D eigenvalue weighted by Crippen LogP contribution is 2.34. The van der Waals surface area contributed by atoms with Crippen LogP contribution in [0.2, 0.25) is 0 Å². The molecule has 4 aromatic rings. The van der Waals surface area contributed by atoms with Crippen LogP contribution in [0, 0.1) is 10.1 Å². The topological polar surface area (TPSA) is 128 Å². The second-order valence-electron chi connectivity index (χ2n) is 7.14. The lowest BCUT2D eigenvalue weighted by atomic mass is 10.1. The third-order valence-corrected chi connectivity index (χ3v) is 4.94. The van der Waals surface area contributed by atoms with Crippen LogP contribution in [0.3, 0.4) is 0 Å². The predicted molar refractivity (Wildman–Crippen MR) is 125 cm³/mol. The van der Waals surface area contributed by atoms with E-state index in [0.29, 0.717) is 45.6 Å². The molecule has 2 aromatic heterocycles. The van der Waals surface area contributed by atoms with Crippen molar-refractivity contribution in [2.24, 2.45) is 0 Å². The lowest BCUT2D eigenvalue weighted by Crippen LogP contribution is -2.07. The van der Waals surface area contributed by atoms with Crippen LogP contribution < -0.4 is 10.1 Å². The average Bonchev–Trinajstić information content (AvgIpc) is 3.52. The molecule has 9 nitrogen and oxygen atoms in total. The number of hydrogen-bond acceptors (Lipinski definition) is 7. The van der Waals surface area contributed by atoms with E-state index in [0.717, 1.165) is 0 Å². The summed E-state index contributed by atoms with van der Waals surface area (Å²) in [5.74, 6) is 1.75. The van der Waals surface area contributed by atoms with E-state index in [1.165, 1.54) is 25.3 Å². The van der Waals surface area contributed by atoms with Gasteiger partial charge in [-0.15, -0.1) is 0 Å². The molecule has 2 aromatic carbocycles. The summed E-state index contributed by atoms with van der Waals surface area (Å²) >= 11 is 0. The van der Waals surface area contributed by atoms with E-state index in [1.807, 2.05) is 0 Å². The zero-order chi connectivity index (χ0) is 24.1. The molecule has 0 saturated heterocycles. The van der Waals surface area contributed by atoms with Crippen molar-refractivity contribution in [2.75, 3.05) is 12.4 Å². The van der Waals surface area contributed by atoms with Crippen molar-refractivity contribution in [1.29, 1.82) is 0 Å². The number of benzene rings is 2. The van der Waals surface area contributed by atoms with Crippen LogP contribution in [-0.4, -0.2) is 23.0 Å². The number of amides is 1. The molecule has 0 aliphatic rings. The lowest BCUT2D eigenvalue weighted by Gasteiger charge is -2.09. The Hall–Kier alpha value is -4.63. The number of furan rings is 2. The van der Waals surface area contributed by atoms with Gasteiger partial charge in [0.25, 0.3) is 5.69 Å². The quantitative estimate of drug-likeness (QED) is 0.208. The first-order valence-corrected chi connectivity index (χ1v) is 10.2. The molecule has 0 fully saturated rings. The molecule has 1 amide bonds. The number of aliphatic hydroxyl groups excluding tert-OH is 1. The molecule has 172 valence electrons. The average molecular weight is 460 g/mol.